The maximum absolute atomic E-state index is 13.3. The van der Waals surface area contributed by atoms with Crippen molar-refractivity contribution in [2.45, 2.75) is 52.6 Å². The van der Waals surface area contributed by atoms with Crippen LogP contribution in [0.15, 0.2) is 36.4 Å². The van der Waals surface area contributed by atoms with Crippen LogP contribution in [0.25, 0.3) is 0 Å². The molecule has 2 N–H and O–H groups in total. The third-order valence-corrected chi connectivity index (χ3v) is 9.58. The maximum Gasteiger partial charge on any atom is 0.343 e. The number of fused-ring (bicyclic) bond motifs is 4. The van der Waals surface area contributed by atoms with Gasteiger partial charge in [0.1, 0.15) is 11.2 Å². The molecule has 39 heavy (non-hydrogen) atoms. The maximum atomic E-state index is 13.3. The summed E-state index contributed by atoms with van der Waals surface area (Å²) in [6.45, 7) is 7.08. The smallest absolute Gasteiger partial charge is 0.343 e. The molecule has 2 atom stereocenters. The fraction of sp³-hybridized carbons (Fsp3) is 0.400. The first kappa shape index (κ1) is 25.6. The van der Waals surface area contributed by atoms with Gasteiger partial charge in [-0.05, 0) is 72.1 Å². The number of esters is 1. The number of anilines is 1. The number of ether oxygens (including phenoxy) is 4. The van der Waals surface area contributed by atoms with E-state index < -0.39 is 12.1 Å². The van der Waals surface area contributed by atoms with Crippen LogP contribution in [0, 0.1) is 11.3 Å². The molecule has 9 heteroatoms. The molecule has 0 fully saturated rings. The quantitative estimate of drug-likeness (QED) is 0.284. The zero-order valence-electron chi connectivity index (χ0n) is 22.5. The van der Waals surface area contributed by atoms with Crippen LogP contribution in [0.4, 0.5) is 5.00 Å². The molecule has 0 saturated heterocycles. The van der Waals surface area contributed by atoms with Gasteiger partial charge >= 0.3 is 5.97 Å². The van der Waals surface area contributed by atoms with Crippen LogP contribution in [-0.4, -0.2) is 25.8 Å². The molecule has 0 saturated carbocycles. The fourth-order valence-corrected chi connectivity index (χ4v) is 6.90. The molecule has 204 valence electrons. The van der Waals surface area contributed by atoms with Crippen LogP contribution in [0.1, 0.15) is 76.5 Å². The number of rotatable bonds is 6. The number of nitrogens with one attached hydrogen (secondary N) is 2. The lowest BCUT2D eigenvalue weighted by Gasteiger charge is -2.36. The Hall–Kier alpha value is -3.72. The number of carbonyl (C=O) groups excluding carboxylic acids is 2. The van der Waals surface area contributed by atoms with Crippen molar-refractivity contribution in [3.05, 3.63) is 63.5 Å². The van der Waals surface area contributed by atoms with Crippen LogP contribution >= 0.6 is 11.3 Å². The minimum Gasteiger partial charge on any atom is -0.493 e. The van der Waals surface area contributed by atoms with Gasteiger partial charge in [0.05, 0.1) is 18.2 Å². The Morgan fingerprint density at radius 3 is 2.72 bits per heavy atom. The summed E-state index contributed by atoms with van der Waals surface area (Å²) in [4.78, 5) is 27.4. The molecule has 0 spiro atoms. The van der Waals surface area contributed by atoms with Crippen molar-refractivity contribution in [3.8, 4) is 23.0 Å². The average molecular weight is 549 g/mol. The second kappa shape index (κ2) is 9.79. The molecule has 1 aromatic heterocycles. The lowest BCUT2D eigenvalue weighted by atomic mass is 9.69. The SMILES string of the molecule is CCC(C)(C)[C@@H]1CCc2c(sc3c2C(=O)N[C@H](c2ccc(OC(=O)c4ccc5c(c4)OCO5)c(OC)c2)N3)C1. The van der Waals surface area contributed by atoms with Crippen LogP contribution in [0.5, 0.6) is 23.0 Å². The number of carbonyl (C=O) groups is 2. The summed E-state index contributed by atoms with van der Waals surface area (Å²) >= 11 is 1.71. The van der Waals surface area contributed by atoms with E-state index in [0.29, 0.717) is 28.7 Å². The minimum absolute atomic E-state index is 0.0586. The number of thiophene rings is 1. The van der Waals surface area contributed by atoms with Gasteiger partial charge in [0.15, 0.2) is 23.0 Å². The van der Waals surface area contributed by atoms with E-state index in [-0.39, 0.29) is 23.9 Å². The van der Waals surface area contributed by atoms with Gasteiger partial charge in [-0.2, -0.15) is 0 Å². The van der Waals surface area contributed by atoms with E-state index in [2.05, 4.69) is 31.4 Å². The molecule has 2 aliphatic heterocycles. The predicted molar refractivity (Wildman–Crippen MR) is 148 cm³/mol. The first-order valence-electron chi connectivity index (χ1n) is 13.3. The highest BCUT2D eigenvalue weighted by molar-refractivity contribution is 7.16. The monoisotopic (exact) mass is 548 g/mol. The van der Waals surface area contributed by atoms with E-state index in [9.17, 15) is 9.59 Å². The first-order valence-corrected chi connectivity index (χ1v) is 14.1. The zero-order valence-corrected chi connectivity index (χ0v) is 23.3. The van der Waals surface area contributed by atoms with Crippen molar-refractivity contribution in [1.82, 2.24) is 5.32 Å². The fourth-order valence-electron chi connectivity index (χ4n) is 5.55. The summed E-state index contributed by atoms with van der Waals surface area (Å²) in [5, 5.41) is 7.55. The second-order valence-corrected chi connectivity index (χ2v) is 12.0. The largest absolute Gasteiger partial charge is 0.493 e. The standard InChI is InChI=1S/C30H32N2O6S/c1-5-30(2,3)18-8-9-19-24(14-18)39-28-25(19)27(33)31-26(32-28)16-6-11-21(22(12-16)35-4)38-29(34)17-7-10-20-23(13-17)37-15-36-20/h6-7,10-13,18,26,32H,5,8-9,14-15H2,1-4H3,(H,31,33)/t18-,26+/m1/s1. The molecule has 3 aliphatic rings. The number of benzene rings is 2. The number of hydrogen-bond acceptors (Lipinski definition) is 8. The average Bonchev–Trinajstić information content (AvgIpc) is 3.56. The van der Waals surface area contributed by atoms with Crippen LogP contribution in [0.2, 0.25) is 0 Å². The summed E-state index contributed by atoms with van der Waals surface area (Å²) < 4.78 is 21.8. The first-order chi connectivity index (χ1) is 18.8. The van der Waals surface area contributed by atoms with Gasteiger partial charge in [-0.25, -0.2) is 4.79 Å². The number of methoxy groups -OCH3 is 1. The Morgan fingerprint density at radius 2 is 1.92 bits per heavy atom. The van der Waals surface area contributed by atoms with Crippen molar-refractivity contribution in [1.29, 1.82) is 0 Å². The highest BCUT2D eigenvalue weighted by Gasteiger charge is 2.37. The Labute approximate surface area is 231 Å². The van der Waals surface area contributed by atoms with Crippen molar-refractivity contribution in [2.24, 2.45) is 11.3 Å². The van der Waals surface area contributed by atoms with Gasteiger partial charge in [0, 0.05) is 4.88 Å². The van der Waals surface area contributed by atoms with E-state index in [4.69, 9.17) is 18.9 Å². The highest BCUT2D eigenvalue weighted by atomic mass is 32.1. The number of hydrogen-bond donors (Lipinski definition) is 2. The molecule has 0 bridgehead atoms. The molecule has 0 radical (unpaired) electrons. The summed E-state index contributed by atoms with van der Waals surface area (Å²) in [7, 11) is 1.52. The van der Waals surface area contributed by atoms with E-state index in [0.717, 1.165) is 41.8 Å². The summed E-state index contributed by atoms with van der Waals surface area (Å²) in [5.74, 6) is 1.78. The molecule has 3 heterocycles. The number of amides is 1. The Morgan fingerprint density at radius 1 is 1.10 bits per heavy atom. The highest BCUT2D eigenvalue weighted by Crippen LogP contribution is 2.47. The lowest BCUT2D eigenvalue weighted by Crippen LogP contribution is -2.38. The summed E-state index contributed by atoms with van der Waals surface area (Å²) in [6.07, 6.45) is 3.78. The van der Waals surface area contributed by atoms with Crippen molar-refractivity contribution < 1.29 is 28.5 Å². The summed E-state index contributed by atoms with van der Waals surface area (Å²) in [6, 6.07) is 10.2. The Bertz CT molecular complexity index is 1460. The molecular formula is C30H32N2O6S. The second-order valence-electron chi connectivity index (χ2n) is 10.9. The molecule has 1 aliphatic carbocycles. The predicted octanol–water partition coefficient (Wildman–Crippen LogP) is 6.10. The normalized spacial score (nSPS) is 19.4. The van der Waals surface area contributed by atoms with Gasteiger partial charge < -0.3 is 29.6 Å². The molecule has 6 rings (SSSR count). The van der Waals surface area contributed by atoms with E-state index in [1.807, 2.05) is 6.07 Å². The molecule has 1 amide bonds. The lowest BCUT2D eigenvalue weighted by molar-refractivity contribution is 0.0729. The topological polar surface area (TPSA) is 95.1 Å². The molecule has 0 unspecified atom stereocenters. The third-order valence-electron chi connectivity index (χ3n) is 8.39. The van der Waals surface area contributed by atoms with Crippen LogP contribution in [0.3, 0.4) is 0 Å². The van der Waals surface area contributed by atoms with Gasteiger partial charge in [-0.3, -0.25) is 4.79 Å². The van der Waals surface area contributed by atoms with Gasteiger partial charge in [0.2, 0.25) is 6.79 Å². The van der Waals surface area contributed by atoms with Crippen molar-refractivity contribution in [3.63, 3.8) is 0 Å². The Kier molecular flexibility index (Phi) is 6.41. The third kappa shape index (κ3) is 4.58. The molecule has 8 nitrogen and oxygen atoms in total. The molecule has 3 aromatic rings. The van der Waals surface area contributed by atoms with Gasteiger partial charge in [-0.15, -0.1) is 11.3 Å². The van der Waals surface area contributed by atoms with Crippen molar-refractivity contribution >= 4 is 28.2 Å². The molecular weight excluding hydrogens is 516 g/mol. The van der Waals surface area contributed by atoms with E-state index >= 15 is 0 Å². The van der Waals surface area contributed by atoms with Gasteiger partial charge in [-0.1, -0.05) is 33.3 Å². The van der Waals surface area contributed by atoms with Crippen LogP contribution < -0.4 is 29.6 Å². The van der Waals surface area contributed by atoms with Gasteiger partial charge in [0.25, 0.3) is 5.91 Å². The zero-order chi connectivity index (χ0) is 27.3. The van der Waals surface area contributed by atoms with E-state index in [1.54, 1.807) is 41.7 Å². The Balaban J connectivity index is 1.21. The minimum atomic E-state index is -0.540. The molecule has 2 aromatic carbocycles. The van der Waals surface area contributed by atoms with Crippen LogP contribution in [-0.2, 0) is 12.8 Å². The van der Waals surface area contributed by atoms with Crippen molar-refractivity contribution in [2.75, 3.05) is 19.2 Å². The van der Waals surface area contributed by atoms with E-state index in [1.165, 1.54) is 17.6 Å². The summed E-state index contributed by atoms with van der Waals surface area (Å²) in [5.41, 5.74) is 3.41.